The first-order chi connectivity index (χ1) is 9.38. The van der Waals surface area contributed by atoms with E-state index in [4.69, 9.17) is 0 Å². The van der Waals surface area contributed by atoms with Gasteiger partial charge in [-0.1, -0.05) is 20.3 Å². The Balaban J connectivity index is 3.09. The molecule has 0 bridgehead atoms. The van der Waals surface area contributed by atoms with Crippen LogP contribution in [0.2, 0.25) is 0 Å². The molecule has 0 amide bonds. The van der Waals surface area contributed by atoms with Crippen LogP contribution in [0.3, 0.4) is 0 Å². The molecule has 1 atom stereocenters. The van der Waals surface area contributed by atoms with Crippen LogP contribution >= 0.6 is 0 Å². The minimum Gasteiger partial charge on any atom is -0.390 e. The van der Waals surface area contributed by atoms with Crippen molar-refractivity contribution in [3.8, 4) is 0 Å². The predicted octanol–water partition coefficient (Wildman–Crippen LogP) is 2.20. The molecule has 1 heterocycles. The Morgan fingerprint density at radius 1 is 1.35 bits per heavy atom. The Morgan fingerprint density at radius 3 is 2.50 bits per heavy atom. The summed E-state index contributed by atoms with van der Waals surface area (Å²) in [7, 11) is -1.87. The Morgan fingerprint density at radius 2 is 2.00 bits per heavy atom. The Bertz CT molecular complexity index is 523. The van der Waals surface area contributed by atoms with Crippen molar-refractivity contribution < 1.29 is 13.5 Å². The summed E-state index contributed by atoms with van der Waals surface area (Å²) in [6.45, 7) is 6.53. The summed E-state index contributed by atoms with van der Waals surface area (Å²) in [6.07, 6.45) is 4.29. The number of rotatable bonds is 8. The van der Waals surface area contributed by atoms with Gasteiger partial charge in [0, 0.05) is 31.5 Å². The van der Waals surface area contributed by atoms with E-state index in [2.05, 4.69) is 0 Å². The largest absolute Gasteiger partial charge is 0.390 e. The lowest BCUT2D eigenvalue weighted by Gasteiger charge is -2.23. The molecule has 0 aliphatic carbocycles. The topological polar surface area (TPSA) is 62.5 Å². The molecule has 0 saturated heterocycles. The van der Waals surface area contributed by atoms with Crippen LogP contribution in [0.4, 0.5) is 0 Å². The van der Waals surface area contributed by atoms with Gasteiger partial charge in [0.1, 0.15) is 4.90 Å². The molecule has 0 radical (unpaired) electrons. The minimum absolute atomic E-state index is 0.0305. The van der Waals surface area contributed by atoms with Gasteiger partial charge in [-0.2, -0.15) is 4.31 Å². The molecule has 0 aliphatic heterocycles. The molecule has 1 rings (SSSR count). The van der Waals surface area contributed by atoms with Crippen molar-refractivity contribution in [2.75, 3.05) is 7.05 Å². The molecule has 20 heavy (non-hydrogen) atoms. The molecular formula is C14H26N2O3S. The summed E-state index contributed by atoms with van der Waals surface area (Å²) >= 11 is 0. The van der Waals surface area contributed by atoms with Crippen LogP contribution in [0, 0.1) is 0 Å². The quantitative estimate of drug-likeness (QED) is 0.801. The summed E-state index contributed by atoms with van der Waals surface area (Å²) < 4.78 is 28.4. The van der Waals surface area contributed by atoms with Gasteiger partial charge >= 0.3 is 0 Å². The zero-order valence-electron chi connectivity index (χ0n) is 12.8. The number of aliphatic hydroxyl groups is 1. The van der Waals surface area contributed by atoms with Gasteiger partial charge in [0.15, 0.2) is 0 Å². The van der Waals surface area contributed by atoms with Gasteiger partial charge in [0.05, 0.1) is 6.61 Å². The van der Waals surface area contributed by atoms with E-state index in [1.54, 1.807) is 19.3 Å². The van der Waals surface area contributed by atoms with Gasteiger partial charge in [-0.15, -0.1) is 0 Å². The first-order valence-corrected chi connectivity index (χ1v) is 8.60. The molecule has 6 heteroatoms. The van der Waals surface area contributed by atoms with Crippen molar-refractivity contribution in [1.29, 1.82) is 0 Å². The van der Waals surface area contributed by atoms with Crippen molar-refractivity contribution in [3.05, 3.63) is 18.0 Å². The van der Waals surface area contributed by atoms with Gasteiger partial charge in [0.25, 0.3) is 0 Å². The molecule has 0 saturated carbocycles. The second-order valence-corrected chi connectivity index (χ2v) is 7.18. The SMILES string of the molecule is CCCC(C)N(C)S(=O)(=O)c1cc(CO)n(CCC)c1. The fourth-order valence-electron chi connectivity index (χ4n) is 2.25. The van der Waals surface area contributed by atoms with Gasteiger partial charge in [-0.05, 0) is 25.8 Å². The van der Waals surface area contributed by atoms with Crippen LogP contribution in [0.5, 0.6) is 0 Å². The average Bonchev–Trinajstić information content (AvgIpc) is 2.82. The summed E-state index contributed by atoms with van der Waals surface area (Å²) in [4.78, 5) is 0.264. The lowest BCUT2D eigenvalue weighted by molar-refractivity contribution is 0.270. The standard InChI is InChI=1S/C14H26N2O3S/c1-5-7-12(3)15(4)20(18,19)14-9-13(11-17)16(10-14)8-6-2/h9-10,12,17H,5-8,11H2,1-4H3. The number of aliphatic hydroxyl groups excluding tert-OH is 1. The smallest absolute Gasteiger partial charge is 0.244 e. The maximum Gasteiger partial charge on any atom is 0.244 e. The summed E-state index contributed by atoms with van der Waals surface area (Å²) in [6, 6.07) is 1.54. The molecule has 1 aromatic heterocycles. The summed E-state index contributed by atoms with van der Waals surface area (Å²) in [5.74, 6) is 0. The lowest BCUT2D eigenvalue weighted by atomic mass is 10.2. The number of hydrogen-bond donors (Lipinski definition) is 1. The Kier molecular flexibility index (Phi) is 6.23. The zero-order valence-corrected chi connectivity index (χ0v) is 13.7. The highest BCUT2D eigenvalue weighted by Crippen LogP contribution is 2.21. The molecule has 1 aromatic rings. The van der Waals surface area contributed by atoms with Crippen molar-refractivity contribution in [3.63, 3.8) is 0 Å². The Hall–Kier alpha value is -0.850. The van der Waals surface area contributed by atoms with Crippen LogP contribution < -0.4 is 0 Å². The van der Waals surface area contributed by atoms with E-state index in [1.165, 1.54) is 4.31 Å². The number of nitrogens with zero attached hydrogens (tertiary/aromatic N) is 2. The van der Waals surface area contributed by atoms with Crippen molar-refractivity contribution in [1.82, 2.24) is 8.87 Å². The van der Waals surface area contributed by atoms with Crippen molar-refractivity contribution in [2.24, 2.45) is 0 Å². The van der Waals surface area contributed by atoms with Crippen LogP contribution in [0.1, 0.15) is 45.7 Å². The molecule has 1 unspecified atom stereocenters. The highest BCUT2D eigenvalue weighted by molar-refractivity contribution is 7.89. The third-order valence-corrected chi connectivity index (χ3v) is 5.53. The van der Waals surface area contributed by atoms with E-state index in [0.717, 1.165) is 19.3 Å². The van der Waals surface area contributed by atoms with E-state index < -0.39 is 10.0 Å². The second-order valence-electron chi connectivity index (χ2n) is 5.18. The number of hydrogen-bond acceptors (Lipinski definition) is 3. The lowest BCUT2D eigenvalue weighted by Crippen LogP contribution is -2.34. The summed E-state index contributed by atoms with van der Waals surface area (Å²) in [5.41, 5.74) is 0.641. The third kappa shape index (κ3) is 3.62. The van der Waals surface area contributed by atoms with E-state index >= 15 is 0 Å². The highest BCUT2D eigenvalue weighted by Gasteiger charge is 2.26. The number of aromatic nitrogens is 1. The third-order valence-electron chi connectivity index (χ3n) is 3.59. The van der Waals surface area contributed by atoms with E-state index in [-0.39, 0.29) is 17.5 Å². The van der Waals surface area contributed by atoms with Gasteiger partial charge < -0.3 is 9.67 Å². The molecule has 116 valence electrons. The molecule has 0 aliphatic rings. The van der Waals surface area contributed by atoms with Gasteiger partial charge in [-0.3, -0.25) is 0 Å². The maximum absolute atomic E-state index is 12.6. The van der Waals surface area contributed by atoms with Crippen LogP contribution in [-0.4, -0.2) is 35.5 Å². The number of sulfonamides is 1. The average molecular weight is 302 g/mol. The van der Waals surface area contributed by atoms with Crippen LogP contribution in [0.25, 0.3) is 0 Å². The van der Waals surface area contributed by atoms with Gasteiger partial charge in [-0.25, -0.2) is 8.42 Å². The Labute approximate surface area is 122 Å². The van der Waals surface area contributed by atoms with Crippen LogP contribution in [0.15, 0.2) is 17.2 Å². The fraction of sp³-hybridized carbons (Fsp3) is 0.714. The van der Waals surface area contributed by atoms with E-state index in [1.807, 2.05) is 25.3 Å². The normalized spacial score (nSPS) is 13.9. The fourth-order valence-corrected chi connectivity index (χ4v) is 3.71. The summed E-state index contributed by atoms with van der Waals surface area (Å²) in [5, 5.41) is 9.33. The van der Waals surface area contributed by atoms with Gasteiger partial charge in [0.2, 0.25) is 10.0 Å². The highest BCUT2D eigenvalue weighted by atomic mass is 32.2. The minimum atomic E-state index is -3.49. The van der Waals surface area contributed by atoms with Crippen LogP contribution in [-0.2, 0) is 23.2 Å². The molecule has 0 aromatic carbocycles. The molecular weight excluding hydrogens is 276 g/mol. The zero-order chi connectivity index (χ0) is 15.3. The monoisotopic (exact) mass is 302 g/mol. The first kappa shape index (κ1) is 17.2. The number of aryl methyl sites for hydroxylation is 1. The van der Waals surface area contributed by atoms with Crippen molar-refractivity contribution in [2.45, 2.75) is 64.1 Å². The molecule has 0 spiro atoms. The molecule has 1 N–H and O–H groups in total. The molecule has 0 fully saturated rings. The van der Waals surface area contributed by atoms with E-state index in [0.29, 0.717) is 12.2 Å². The maximum atomic E-state index is 12.6. The van der Waals surface area contributed by atoms with Crippen molar-refractivity contribution >= 4 is 10.0 Å². The van der Waals surface area contributed by atoms with E-state index in [9.17, 15) is 13.5 Å². The first-order valence-electron chi connectivity index (χ1n) is 7.16. The predicted molar refractivity (Wildman–Crippen MR) is 80.0 cm³/mol. The second kappa shape index (κ2) is 7.24. The molecule has 5 nitrogen and oxygen atoms in total.